The van der Waals surface area contributed by atoms with Crippen molar-refractivity contribution in [2.75, 3.05) is 13.2 Å². The van der Waals surface area contributed by atoms with Crippen LogP contribution in [0.1, 0.15) is 25.5 Å². The van der Waals surface area contributed by atoms with E-state index in [0.29, 0.717) is 12.5 Å². The molecule has 3 heteroatoms. The fourth-order valence-electron chi connectivity index (χ4n) is 1.29. The number of aromatic nitrogens is 1. The summed E-state index contributed by atoms with van der Waals surface area (Å²) in [5, 5.41) is 3.24. The van der Waals surface area contributed by atoms with Gasteiger partial charge in [0.25, 0.3) is 0 Å². The first kappa shape index (κ1) is 12.7. The smallest absolute Gasteiger partial charge is 0.213 e. The molecule has 0 saturated heterocycles. The molecule has 0 spiro atoms. The highest BCUT2D eigenvalue weighted by atomic mass is 16.5. The van der Waals surface area contributed by atoms with Crippen molar-refractivity contribution < 1.29 is 4.74 Å². The van der Waals surface area contributed by atoms with Crippen molar-refractivity contribution in [2.45, 2.75) is 26.3 Å². The van der Waals surface area contributed by atoms with Crippen LogP contribution < -0.4 is 10.1 Å². The topological polar surface area (TPSA) is 34.1 Å². The van der Waals surface area contributed by atoms with Crippen LogP contribution in [0.4, 0.5) is 0 Å². The Morgan fingerprint density at radius 1 is 1.50 bits per heavy atom. The fraction of sp³-hybridized carbons (Fsp3) is 0.462. The SMILES string of the molecule is C=CCCCOc1cccc(CNCC)n1. The van der Waals surface area contributed by atoms with Crippen LogP contribution in [0.25, 0.3) is 0 Å². The first-order chi connectivity index (χ1) is 7.86. The molecule has 1 aromatic heterocycles. The van der Waals surface area contributed by atoms with Crippen LogP contribution in [-0.2, 0) is 6.54 Å². The van der Waals surface area contributed by atoms with Crippen LogP contribution in [0.15, 0.2) is 30.9 Å². The second-order valence-electron chi connectivity index (χ2n) is 3.53. The van der Waals surface area contributed by atoms with Crippen molar-refractivity contribution in [1.29, 1.82) is 0 Å². The van der Waals surface area contributed by atoms with E-state index in [1.165, 1.54) is 0 Å². The molecule has 1 heterocycles. The third-order valence-electron chi connectivity index (χ3n) is 2.14. The van der Waals surface area contributed by atoms with Gasteiger partial charge in [0, 0.05) is 12.6 Å². The maximum atomic E-state index is 5.54. The van der Waals surface area contributed by atoms with Crippen molar-refractivity contribution in [3.05, 3.63) is 36.5 Å². The number of rotatable bonds is 8. The Labute approximate surface area is 97.5 Å². The van der Waals surface area contributed by atoms with Gasteiger partial charge in [-0.1, -0.05) is 19.1 Å². The van der Waals surface area contributed by atoms with Crippen LogP contribution in [0.2, 0.25) is 0 Å². The van der Waals surface area contributed by atoms with Crippen LogP contribution in [0.5, 0.6) is 5.88 Å². The van der Waals surface area contributed by atoms with Gasteiger partial charge in [-0.3, -0.25) is 0 Å². The first-order valence-corrected chi connectivity index (χ1v) is 5.77. The first-order valence-electron chi connectivity index (χ1n) is 5.77. The summed E-state index contributed by atoms with van der Waals surface area (Å²) in [6, 6.07) is 5.87. The molecular formula is C13H20N2O. The quantitative estimate of drug-likeness (QED) is 0.540. The summed E-state index contributed by atoms with van der Waals surface area (Å²) in [7, 11) is 0. The van der Waals surface area contributed by atoms with E-state index in [9.17, 15) is 0 Å². The van der Waals surface area contributed by atoms with Gasteiger partial charge in [0.1, 0.15) is 0 Å². The normalized spacial score (nSPS) is 10.1. The highest BCUT2D eigenvalue weighted by molar-refractivity contribution is 5.15. The molecule has 1 rings (SSSR count). The van der Waals surface area contributed by atoms with Gasteiger partial charge in [-0.15, -0.1) is 6.58 Å². The Morgan fingerprint density at radius 2 is 2.38 bits per heavy atom. The number of nitrogens with zero attached hydrogens (tertiary/aromatic N) is 1. The molecule has 0 fully saturated rings. The fourth-order valence-corrected chi connectivity index (χ4v) is 1.29. The number of ether oxygens (including phenoxy) is 1. The average Bonchev–Trinajstić information content (AvgIpc) is 2.33. The van der Waals surface area contributed by atoms with E-state index in [-0.39, 0.29) is 0 Å². The monoisotopic (exact) mass is 220 g/mol. The lowest BCUT2D eigenvalue weighted by molar-refractivity contribution is 0.299. The van der Waals surface area contributed by atoms with Gasteiger partial charge in [0.05, 0.1) is 12.3 Å². The van der Waals surface area contributed by atoms with Crippen molar-refractivity contribution in [1.82, 2.24) is 10.3 Å². The van der Waals surface area contributed by atoms with Gasteiger partial charge in [0.2, 0.25) is 5.88 Å². The lowest BCUT2D eigenvalue weighted by Crippen LogP contribution is -2.13. The summed E-state index contributed by atoms with van der Waals surface area (Å²) < 4.78 is 5.54. The molecule has 16 heavy (non-hydrogen) atoms. The van der Waals surface area contributed by atoms with Gasteiger partial charge < -0.3 is 10.1 Å². The zero-order valence-corrected chi connectivity index (χ0v) is 9.91. The Bertz CT molecular complexity index is 313. The van der Waals surface area contributed by atoms with Crippen LogP contribution in [0, 0.1) is 0 Å². The predicted octanol–water partition coefficient (Wildman–Crippen LogP) is 2.54. The van der Waals surface area contributed by atoms with Crippen molar-refractivity contribution in [3.63, 3.8) is 0 Å². The van der Waals surface area contributed by atoms with Crippen molar-refractivity contribution >= 4 is 0 Å². The van der Waals surface area contributed by atoms with Crippen LogP contribution in [-0.4, -0.2) is 18.1 Å². The standard InChI is InChI=1S/C13H20N2O/c1-3-5-6-10-16-13-9-7-8-12(15-13)11-14-4-2/h3,7-9,14H,1,4-6,10-11H2,2H3. The lowest BCUT2D eigenvalue weighted by Gasteiger charge is -2.06. The largest absolute Gasteiger partial charge is 0.478 e. The summed E-state index contributed by atoms with van der Waals surface area (Å²) in [5.74, 6) is 0.708. The Balaban J connectivity index is 2.37. The third kappa shape index (κ3) is 4.94. The molecule has 0 saturated carbocycles. The molecule has 0 bridgehead atoms. The van der Waals surface area contributed by atoms with Crippen molar-refractivity contribution in [2.24, 2.45) is 0 Å². The van der Waals surface area contributed by atoms with E-state index < -0.39 is 0 Å². The van der Waals surface area contributed by atoms with Gasteiger partial charge >= 0.3 is 0 Å². The molecule has 0 radical (unpaired) electrons. The maximum Gasteiger partial charge on any atom is 0.213 e. The Morgan fingerprint density at radius 3 is 3.12 bits per heavy atom. The molecular weight excluding hydrogens is 200 g/mol. The van der Waals surface area contributed by atoms with Gasteiger partial charge in [0.15, 0.2) is 0 Å². The maximum absolute atomic E-state index is 5.54. The minimum atomic E-state index is 0.698. The summed E-state index contributed by atoms with van der Waals surface area (Å²) in [6.07, 6.45) is 3.87. The van der Waals surface area contributed by atoms with E-state index >= 15 is 0 Å². The second-order valence-corrected chi connectivity index (χ2v) is 3.53. The minimum absolute atomic E-state index is 0.698. The number of pyridine rings is 1. The highest BCUT2D eigenvalue weighted by Crippen LogP contribution is 2.08. The molecule has 0 aliphatic carbocycles. The van der Waals surface area contributed by atoms with Gasteiger partial charge in [-0.05, 0) is 25.5 Å². The number of unbranched alkanes of at least 4 members (excludes halogenated alkanes) is 1. The van der Waals surface area contributed by atoms with E-state index in [1.807, 2.05) is 24.3 Å². The van der Waals surface area contributed by atoms with E-state index in [4.69, 9.17) is 4.74 Å². The lowest BCUT2D eigenvalue weighted by atomic mass is 10.3. The van der Waals surface area contributed by atoms with Crippen molar-refractivity contribution in [3.8, 4) is 5.88 Å². The Hall–Kier alpha value is -1.35. The van der Waals surface area contributed by atoms with Crippen LogP contribution >= 0.6 is 0 Å². The molecule has 88 valence electrons. The predicted molar refractivity (Wildman–Crippen MR) is 66.5 cm³/mol. The minimum Gasteiger partial charge on any atom is -0.478 e. The average molecular weight is 220 g/mol. The van der Waals surface area contributed by atoms with Gasteiger partial charge in [-0.25, -0.2) is 4.98 Å². The molecule has 1 N–H and O–H groups in total. The number of hydrogen-bond donors (Lipinski definition) is 1. The molecule has 0 amide bonds. The van der Waals surface area contributed by atoms with E-state index in [1.54, 1.807) is 0 Å². The van der Waals surface area contributed by atoms with Crippen LogP contribution in [0.3, 0.4) is 0 Å². The summed E-state index contributed by atoms with van der Waals surface area (Å²) >= 11 is 0. The van der Waals surface area contributed by atoms with E-state index in [2.05, 4.69) is 23.8 Å². The summed E-state index contributed by atoms with van der Waals surface area (Å²) in [5.41, 5.74) is 1.02. The molecule has 3 nitrogen and oxygen atoms in total. The Kier molecular flexibility index (Phi) is 6.26. The molecule has 1 aromatic rings. The summed E-state index contributed by atoms with van der Waals surface area (Å²) in [6.45, 7) is 8.19. The zero-order valence-electron chi connectivity index (χ0n) is 9.91. The molecule has 0 atom stereocenters. The molecule has 0 aliphatic rings. The number of hydrogen-bond acceptors (Lipinski definition) is 3. The number of allylic oxidation sites excluding steroid dienone is 1. The number of nitrogens with one attached hydrogen (secondary N) is 1. The second kappa shape index (κ2) is 7.88. The molecule has 0 aliphatic heterocycles. The third-order valence-corrected chi connectivity index (χ3v) is 2.14. The molecule has 0 aromatic carbocycles. The zero-order chi connectivity index (χ0) is 11.6. The summed E-state index contributed by atoms with van der Waals surface area (Å²) in [4.78, 5) is 4.40. The molecule has 0 unspecified atom stereocenters. The van der Waals surface area contributed by atoms with E-state index in [0.717, 1.165) is 31.6 Å². The highest BCUT2D eigenvalue weighted by Gasteiger charge is 1.97. The van der Waals surface area contributed by atoms with Gasteiger partial charge in [-0.2, -0.15) is 0 Å².